The van der Waals surface area contributed by atoms with Crippen molar-refractivity contribution in [1.29, 1.82) is 0 Å². The van der Waals surface area contributed by atoms with Crippen molar-refractivity contribution in [2.75, 3.05) is 0 Å². The van der Waals surface area contributed by atoms with E-state index in [1.807, 2.05) is 0 Å². The maximum Gasteiger partial charge on any atom is 0.573 e. The fourth-order valence-electron chi connectivity index (χ4n) is 2.01. The number of nitrogens with one attached hydrogen (secondary N) is 1. The van der Waals surface area contributed by atoms with E-state index in [0.717, 1.165) is 0 Å². The third-order valence-corrected chi connectivity index (χ3v) is 3.33. The summed E-state index contributed by atoms with van der Waals surface area (Å²) < 4.78 is 41.5. The molecule has 1 heterocycles. The van der Waals surface area contributed by atoms with Crippen molar-refractivity contribution in [3.63, 3.8) is 0 Å². The molecule has 0 unspecified atom stereocenters. The summed E-state index contributed by atoms with van der Waals surface area (Å²) in [6.45, 7) is 1.68. The highest BCUT2D eigenvalue weighted by atomic mass is 19.4. The van der Waals surface area contributed by atoms with Crippen LogP contribution in [0.2, 0.25) is 0 Å². The predicted molar refractivity (Wildman–Crippen MR) is 80.7 cm³/mol. The van der Waals surface area contributed by atoms with Gasteiger partial charge >= 0.3 is 6.36 Å². The number of amides is 1. The van der Waals surface area contributed by atoms with Gasteiger partial charge in [0, 0.05) is 24.9 Å². The van der Waals surface area contributed by atoms with Gasteiger partial charge in [-0.15, -0.1) is 13.2 Å². The van der Waals surface area contributed by atoms with Crippen LogP contribution in [0.5, 0.6) is 5.75 Å². The minimum Gasteiger partial charge on any atom is -0.406 e. The van der Waals surface area contributed by atoms with Crippen LogP contribution in [0.1, 0.15) is 28.9 Å². The first-order valence-corrected chi connectivity index (χ1v) is 6.99. The van der Waals surface area contributed by atoms with Gasteiger partial charge in [-0.1, -0.05) is 12.1 Å². The summed E-state index contributed by atoms with van der Waals surface area (Å²) >= 11 is 0. The van der Waals surface area contributed by atoms with E-state index in [1.165, 1.54) is 47.2 Å². The molecule has 0 spiro atoms. The molecule has 0 radical (unpaired) electrons. The van der Waals surface area contributed by atoms with Crippen LogP contribution in [0.3, 0.4) is 0 Å². The van der Waals surface area contributed by atoms with Gasteiger partial charge in [0.2, 0.25) is 0 Å². The van der Waals surface area contributed by atoms with E-state index >= 15 is 0 Å². The molecule has 2 aromatic rings. The summed E-state index contributed by atoms with van der Waals surface area (Å²) in [4.78, 5) is 23.6. The largest absolute Gasteiger partial charge is 0.573 e. The smallest absolute Gasteiger partial charge is 0.406 e. The molecule has 1 N–H and O–H groups in total. The van der Waals surface area contributed by atoms with Gasteiger partial charge in [0.15, 0.2) is 0 Å². The van der Waals surface area contributed by atoms with Gasteiger partial charge in [-0.25, -0.2) is 0 Å². The third-order valence-electron chi connectivity index (χ3n) is 3.33. The predicted octanol–water partition coefficient (Wildman–Crippen LogP) is 2.77. The molecule has 1 atom stereocenters. The number of pyridine rings is 1. The number of nitrogens with zero attached hydrogens (tertiary/aromatic N) is 1. The number of aromatic nitrogens is 1. The number of halogens is 3. The van der Waals surface area contributed by atoms with Crippen LogP contribution in [0.25, 0.3) is 0 Å². The van der Waals surface area contributed by atoms with Crippen molar-refractivity contribution in [3.8, 4) is 5.75 Å². The van der Waals surface area contributed by atoms with Crippen LogP contribution in [0.4, 0.5) is 13.2 Å². The number of aryl methyl sites for hydroxylation is 1. The van der Waals surface area contributed by atoms with Crippen LogP contribution < -0.4 is 15.6 Å². The van der Waals surface area contributed by atoms with E-state index in [9.17, 15) is 22.8 Å². The summed E-state index contributed by atoms with van der Waals surface area (Å²) in [5.41, 5.74) is 0.493. The number of benzene rings is 1. The van der Waals surface area contributed by atoms with Crippen LogP contribution >= 0.6 is 0 Å². The Kier molecular flexibility index (Phi) is 4.96. The first kappa shape index (κ1) is 17.6. The lowest BCUT2D eigenvalue weighted by molar-refractivity contribution is -0.274. The second kappa shape index (κ2) is 6.77. The monoisotopic (exact) mass is 340 g/mol. The zero-order valence-electron chi connectivity index (χ0n) is 12.9. The van der Waals surface area contributed by atoms with E-state index < -0.39 is 18.3 Å². The van der Waals surface area contributed by atoms with Crippen molar-refractivity contribution >= 4 is 5.91 Å². The Bertz CT molecular complexity index is 782. The standard InChI is InChI=1S/C16H15F3N2O3/c1-10(11-3-5-13(6-4-11)24-16(17,18)19)20-15(23)12-7-8-21(2)14(22)9-12/h3-10H,1-2H3,(H,20,23)/t10-/m0/s1. The SMILES string of the molecule is C[C@H](NC(=O)c1ccn(C)c(=O)c1)c1ccc(OC(F)(F)F)cc1. The van der Waals surface area contributed by atoms with Crippen LogP contribution in [0, 0.1) is 0 Å². The molecule has 0 saturated heterocycles. The van der Waals surface area contributed by atoms with Crippen molar-refractivity contribution in [3.05, 3.63) is 64.1 Å². The second-order valence-corrected chi connectivity index (χ2v) is 5.18. The highest BCUT2D eigenvalue weighted by Gasteiger charge is 2.31. The average molecular weight is 340 g/mol. The van der Waals surface area contributed by atoms with Crippen LogP contribution in [-0.4, -0.2) is 16.8 Å². The quantitative estimate of drug-likeness (QED) is 0.931. The van der Waals surface area contributed by atoms with Gasteiger partial charge in [0.25, 0.3) is 11.5 Å². The van der Waals surface area contributed by atoms with Gasteiger partial charge in [0.1, 0.15) is 5.75 Å². The molecule has 1 aromatic carbocycles. The van der Waals surface area contributed by atoms with Gasteiger partial charge in [-0.05, 0) is 30.7 Å². The number of hydrogen-bond donors (Lipinski definition) is 1. The molecule has 128 valence electrons. The molecule has 1 aromatic heterocycles. The average Bonchev–Trinajstić information content (AvgIpc) is 2.49. The Hall–Kier alpha value is -2.77. The lowest BCUT2D eigenvalue weighted by atomic mass is 10.1. The first-order valence-electron chi connectivity index (χ1n) is 6.99. The van der Waals surface area contributed by atoms with Crippen molar-refractivity contribution in [1.82, 2.24) is 9.88 Å². The second-order valence-electron chi connectivity index (χ2n) is 5.18. The highest BCUT2D eigenvalue weighted by Crippen LogP contribution is 2.24. The maximum atomic E-state index is 12.1. The molecule has 0 fully saturated rings. The van der Waals surface area contributed by atoms with Crippen molar-refractivity contribution < 1.29 is 22.7 Å². The van der Waals surface area contributed by atoms with Gasteiger partial charge in [-0.3, -0.25) is 9.59 Å². The topological polar surface area (TPSA) is 60.3 Å². The van der Waals surface area contributed by atoms with Gasteiger partial charge < -0.3 is 14.6 Å². The molecule has 0 saturated carbocycles. The molecule has 8 heteroatoms. The van der Waals surface area contributed by atoms with Crippen LogP contribution in [-0.2, 0) is 7.05 Å². The van der Waals surface area contributed by atoms with Gasteiger partial charge in [-0.2, -0.15) is 0 Å². The normalized spacial score (nSPS) is 12.5. The molecule has 0 aliphatic rings. The lowest BCUT2D eigenvalue weighted by Gasteiger charge is -2.15. The first-order chi connectivity index (χ1) is 11.2. The zero-order chi connectivity index (χ0) is 17.9. The molecule has 0 bridgehead atoms. The summed E-state index contributed by atoms with van der Waals surface area (Å²) in [5, 5.41) is 2.68. The van der Waals surface area contributed by atoms with E-state index in [4.69, 9.17) is 0 Å². The molecule has 2 rings (SSSR count). The number of rotatable bonds is 4. The lowest BCUT2D eigenvalue weighted by Crippen LogP contribution is -2.28. The van der Waals surface area contributed by atoms with E-state index in [1.54, 1.807) is 14.0 Å². The Morgan fingerprint density at radius 3 is 2.38 bits per heavy atom. The van der Waals surface area contributed by atoms with E-state index in [0.29, 0.717) is 5.56 Å². The minimum atomic E-state index is -4.75. The van der Waals surface area contributed by atoms with E-state index in [2.05, 4.69) is 10.1 Å². The Labute approximate surface area is 135 Å². The fraction of sp³-hybridized carbons (Fsp3) is 0.250. The summed E-state index contributed by atoms with van der Waals surface area (Å²) in [6, 6.07) is 7.45. The Balaban J connectivity index is 2.06. The molecular formula is C16H15F3N2O3. The zero-order valence-corrected chi connectivity index (χ0v) is 12.9. The molecule has 0 aliphatic heterocycles. The molecule has 1 amide bonds. The number of alkyl halides is 3. The molecule has 0 aliphatic carbocycles. The number of hydrogen-bond acceptors (Lipinski definition) is 3. The number of carbonyl (C=O) groups is 1. The molecule has 5 nitrogen and oxygen atoms in total. The number of carbonyl (C=O) groups excluding carboxylic acids is 1. The van der Waals surface area contributed by atoms with Crippen molar-refractivity contribution in [2.24, 2.45) is 7.05 Å². The molecule has 24 heavy (non-hydrogen) atoms. The summed E-state index contributed by atoms with van der Waals surface area (Å²) in [6.07, 6.45) is -3.27. The maximum absolute atomic E-state index is 12.1. The minimum absolute atomic E-state index is 0.210. The Morgan fingerprint density at radius 2 is 1.83 bits per heavy atom. The number of ether oxygens (including phenoxy) is 1. The highest BCUT2D eigenvalue weighted by molar-refractivity contribution is 5.94. The third kappa shape index (κ3) is 4.61. The molecular weight excluding hydrogens is 325 g/mol. The summed E-state index contributed by atoms with van der Waals surface area (Å²) in [5.74, 6) is -0.785. The summed E-state index contributed by atoms with van der Waals surface area (Å²) in [7, 11) is 1.57. The fourth-order valence-corrected chi connectivity index (χ4v) is 2.01. The van der Waals surface area contributed by atoms with Gasteiger partial charge in [0.05, 0.1) is 6.04 Å². The Morgan fingerprint density at radius 1 is 1.21 bits per heavy atom. The van der Waals surface area contributed by atoms with Crippen molar-refractivity contribution in [2.45, 2.75) is 19.3 Å². The van der Waals surface area contributed by atoms with Crippen LogP contribution in [0.15, 0.2) is 47.4 Å². The van der Waals surface area contributed by atoms with E-state index in [-0.39, 0.29) is 16.9 Å².